The van der Waals surface area contributed by atoms with Crippen LogP contribution in [0.2, 0.25) is 0 Å². The minimum atomic E-state index is -0.0598. The van der Waals surface area contributed by atoms with E-state index in [0.717, 1.165) is 48.3 Å². The zero-order valence-electron chi connectivity index (χ0n) is 14.4. The number of amides is 1. The van der Waals surface area contributed by atoms with Crippen molar-refractivity contribution in [1.29, 1.82) is 0 Å². The number of piperidine rings is 1. The lowest BCUT2D eigenvalue weighted by Gasteiger charge is -2.32. The summed E-state index contributed by atoms with van der Waals surface area (Å²) in [6, 6.07) is 10.2. The molecule has 0 unspecified atom stereocenters. The maximum atomic E-state index is 12.8. The highest BCUT2D eigenvalue weighted by molar-refractivity contribution is 6.33. The van der Waals surface area contributed by atoms with Gasteiger partial charge in [0.25, 0.3) is 5.91 Å². The summed E-state index contributed by atoms with van der Waals surface area (Å²) in [5, 5.41) is 1.69. The Hall–Kier alpha value is -2.50. The van der Waals surface area contributed by atoms with Crippen molar-refractivity contribution >= 4 is 17.2 Å². The molecule has 1 aromatic heterocycles. The molecule has 1 saturated heterocycles. The van der Waals surface area contributed by atoms with Crippen molar-refractivity contribution in [3.63, 3.8) is 0 Å². The molecule has 0 radical (unpaired) electrons. The van der Waals surface area contributed by atoms with Gasteiger partial charge in [0.15, 0.2) is 0 Å². The van der Waals surface area contributed by atoms with Crippen LogP contribution in [0.1, 0.15) is 18.4 Å². The summed E-state index contributed by atoms with van der Waals surface area (Å²) >= 11 is 0. The number of hydrazine groups is 1. The first-order valence-corrected chi connectivity index (χ1v) is 8.67. The monoisotopic (exact) mass is 334 g/mol. The Morgan fingerprint density at radius 2 is 1.88 bits per heavy atom. The highest BCUT2D eigenvalue weighted by Gasteiger charge is 2.35. The lowest BCUT2D eigenvalue weighted by atomic mass is 9.96. The number of benzene rings is 1. The SMILES string of the molecule is C=C1C(=O)N(NC2CCN(C)CC2)c2cccc(-c3ccncc3)c21. The third kappa shape index (κ3) is 2.86. The van der Waals surface area contributed by atoms with Gasteiger partial charge in [-0.15, -0.1) is 0 Å². The van der Waals surface area contributed by atoms with Gasteiger partial charge >= 0.3 is 0 Å². The molecule has 1 N–H and O–H groups in total. The van der Waals surface area contributed by atoms with Crippen molar-refractivity contribution in [2.24, 2.45) is 0 Å². The minimum Gasteiger partial charge on any atom is -0.306 e. The normalized spacial score (nSPS) is 18.7. The molecule has 25 heavy (non-hydrogen) atoms. The molecule has 4 rings (SSSR count). The van der Waals surface area contributed by atoms with Gasteiger partial charge in [-0.3, -0.25) is 9.78 Å². The van der Waals surface area contributed by atoms with Crippen LogP contribution in [0.4, 0.5) is 5.69 Å². The van der Waals surface area contributed by atoms with Crippen LogP contribution in [0.25, 0.3) is 16.7 Å². The van der Waals surface area contributed by atoms with Crippen LogP contribution in [-0.2, 0) is 4.79 Å². The van der Waals surface area contributed by atoms with Crippen LogP contribution in [0.5, 0.6) is 0 Å². The molecule has 1 fully saturated rings. The molecular weight excluding hydrogens is 312 g/mol. The maximum absolute atomic E-state index is 12.8. The minimum absolute atomic E-state index is 0.0598. The summed E-state index contributed by atoms with van der Waals surface area (Å²) in [4.78, 5) is 19.2. The van der Waals surface area contributed by atoms with E-state index < -0.39 is 0 Å². The highest BCUT2D eigenvalue weighted by atomic mass is 16.2. The Bertz CT molecular complexity index is 810. The number of nitrogens with zero attached hydrogens (tertiary/aromatic N) is 3. The van der Waals surface area contributed by atoms with E-state index in [9.17, 15) is 4.79 Å². The molecule has 1 aromatic carbocycles. The number of hydrogen-bond donors (Lipinski definition) is 1. The van der Waals surface area contributed by atoms with Crippen LogP contribution < -0.4 is 10.4 Å². The van der Waals surface area contributed by atoms with Crippen molar-refractivity contribution in [1.82, 2.24) is 15.3 Å². The molecule has 2 aromatic rings. The molecule has 5 heteroatoms. The Kier molecular flexibility index (Phi) is 4.11. The summed E-state index contributed by atoms with van der Waals surface area (Å²) < 4.78 is 0. The fourth-order valence-corrected chi connectivity index (χ4v) is 3.62. The number of hydrogen-bond acceptors (Lipinski definition) is 4. The van der Waals surface area contributed by atoms with Gasteiger partial charge in [0.2, 0.25) is 0 Å². The molecule has 0 bridgehead atoms. The molecule has 0 saturated carbocycles. The predicted molar refractivity (Wildman–Crippen MR) is 99.8 cm³/mol. The Labute approximate surface area is 147 Å². The van der Waals surface area contributed by atoms with E-state index in [2.05, 4.69) is 28.9 Å². The lowest BCUT2D eigenvalue weighted by Crippen LogP contribution is -2.50. The number of pyridine rings is 1. The topological polar surface area (TPSA) is 48.5 Å². The van der Waals surface area contributed by atoms with E-state index in [1.165, 1.54) is 0 Å². The Morgan fingerprint density at radius 3 is 2.60 bits per heavy atom. The second kappa shape index (κ2) is 6.43. The molecule has 0 spiro atoms. The summed E-state index contributed by atoms with van der Waals surface area (Å²) in [5.41, 5.74) is 7.85. The lowest BCUT2D eigenvalue weighted by molar-refractivity contribution is -0.113. The summed E-state index contributed by atoms with van der Waals surface area (Å²) in [6.07, 6.45) is 5.60. The fourth-order valence-electron chi connectivity index (χ4n) is 3.62. The number of likely N-dealkylation sites (tertiary alicyclic amines) is 1. The average Bonchev–Trinajstić information content (AvgIpc) is 2.89. The van der Waals surface area contributed by atoms with Gasteiger partial charge in [-0.2, -0.15) is 0 Å². The first kappa shape index (κ1) is 16.0. The van der Waals surface area contributed by atoms with Gasteiger partial charge < -0.3 is 4.90 Å². The zero-order valence-corrected chi connectivity index (χ0v) is 14.4. The van der Waals surface area contributed by atoms with E-state index >= 15 is 0 Å². The van der Waals surface area contributed by atoms with Gasteiger partial charge in [0.1, 0.15) is 0 Å². The van der Waals surface area contributed by atoms with E-state index in [1.807, 2.05) is 30.3 Å². The fraction of sp³-hybridized carbons (Fsp3) is 0.300. The van der Waals surface area contributed by atoms with Crippen LogP contribution >= 0.6 is 0 Å². The molecular formula is C20H22N4O. The van der Waals surface area contributed by atoms with Crippen LogP contribution in [0.3, 0.4) is 0 Å². The largest absolute Gasteiger partial charge is 0.306 e. The molecule has 2 aliphatic rings. The summed E-state index contributed by atoms with van der Waals surface area (Å²) in [6.45, 7) is 6.16. The number of fused-ring (bicyclic) bond motifs is 1. The first-order chi connectivity index (χ1) is 12.1. The van der Waals surface area contributed by atoms with Crippen molar-refractivity contribution < 1.29 is 4.79 Å². The second-order valence-corrected chi connectivity index (χ2v) is 6.76. The van der Waals surface area contributed by atoms with Crippen molar-refractivity contribution in [2.75, 3.05) is 25.1 Å². The molecule has 5 nitrogen and oxygen atoms in total. The Morgan fingerprint density at radius 1 is 1.16 bits per heavy atom. The van der Waals surface area contributed by atoms with E-state index in [0.29, 0.717) is 11.6 Å². The van der Waals surface area contributed by atoms with Gasteiger partial charge in [-0.1, -0.05) is 18.7 Å². The zero-order chi connectivity index (χ0) is 17.4. The quantitative estimate of drug-likeness (QED) is 0.877. The third-order valence-electron chi connectivity index (χ3n) is 5.07. The standard InChI is InChI=1S/C20H22N4O/c1-14-19-17(15-6-10-21-11-7-15)4-3-5-18(19)24(20(14)25)22-16-8-12-23(2)13-9-16/h3-7,10-11,16,22H,1,8-9,12-13H2,2H3. The van der Waals surface area contributed by atoms with Crippen LogP contribution in [0, 0.1) is 0 Å². The molecule has 128 valence electrons. The van der Waals surface area contributed by atoms with Crippen molar-refractivity contribution in [2.45, 2.75) is 18.9 Å². The van der Waals surface area contributed by atoms with Crippen molar-refractivity contribution in [3.8, 4) is 11.1 Å². The number of carbonyl (C=O) groups excluding carboxylic acids is 1. The van der Waals surface area contributed by atoms with Gasteiger partial charge in [-0.25, -0.2) is 10.4 Å². The number of carbonyl (C=O) groups is 1. The third-order valence-corrected chi connectivity index (χ3v) is 5.07. The average molecular weight is 334 g/mol. The molecule has 2 aliphatic heterocycles. The molecule has 0 atom stereocenters. The number of rotatable bonds is 3. The predicted octanol–water partition coefficient (Wildman–Crippen LogP) is 2.71. The number of nitrogens with one attached hydrogen (secondary N) is 1. The maximum Gasteiger partial charge on any atom is 0.272 e. The van der Waals surface area contributed by atoms with E-state index in [-0.39, 0.29) is 5.91 Å². The highest BCUT2D eigenvalue weighted by Crippen LogP contribution is 2.41. The van der Waals surface area contributed by atoms with Crippen molar-refractivity contribution in [3.05, 3.63) is 54.9 Å². The summed E-state index contributed by atoms with van der Waals surface area (Å²) in [5.74, 6) is -0.0598. The first-order valence-electron chi connectivity index (χ1n) is 8.67. The summed E-state index contributed by atoms with van der Waals surface area (Å²) in [7, 11) is 2.13. The second-order valence-electron chi connectivity index (χ2n) is 6.76. The van der Waals surface area contributed by atoms with E-state index in [4.69, 9.17) is 0 Å². The van der Waals surface area contributed by atoms with Crippen LogP contribution in [-0.4, -0.2) is 42.0 Å². The van der Waals surface area contributed by atoms with Gasteiger partial charge in [0.05, 0.1) is 5.69 Å². The molecule has 1 amide bonds. The Balaban J connectivity index is 1.68. The van der Waals surface area contributed by atoms with Gasteiger partial charge in [0, 0.05) is 29.6 Å². The molecule has 3 heterocycles. The number of aromatic nitrogens is 1. The van der Waals surface area contributed by atoms with Crippen LogP contribution in [0.15, 0.2) is 49.3 Å². The van der Waals surface area contributed by atoms with Gasteiger partial charge in [-0.05, 0) is 62.3 Å². The van der Waals surface area contributed by atoms with E-state index in [1.54, 1.807) is 17.4 Å². The smallest absolute Gasteiger partial charge is 0.272 e. The number of anilines is 1. The molecule has 0 aliphatic carbocycles.